The zero-order valence-corrected chi connectivity index (χ0v) is 11.5. The minimum Gasteiger partial charge on any atom is -0.508 e. The molecule has 0 fully saturated rings. The second-order valence-corrected chi connectivity index (χ2v) is 5.05. The van der Waals surface area contributed by atoms with Gasteiger partial charge in [-0.25, -0.2) is 0 Å². The van der Waals surface area contributed by atoms with E-state index in [1.54, 1.807) is 6.07 Å². The van der Waals surface area contributed by atoms with Crippen LogP contribution in [0.4, 0.5) is 5.69 Å². The third-order valence-corrected chi connectivity index (χ3v) is 3.74. The maximum atomic E-state index is 9.86. The number of fused-ring (bicyclic) bond motifs is 1. The smallest absolute Gasteiger partial charge is 0.174 e. The van der Waals surface area contributed by atoms with Crippen LogP contribution in [0.15, 0.2) is 42.5 Å². The number of ether oxygens (including phenoxy) is 1. The summed E-state index contributed by atoms with van der Waals surface area (Å²) in [5.74, 6) is 1.07. The van der Waals surface area contributed by atoms with Crippen molar-refractivity contribution in [2.24, 2.45) is 0 Å². The monoisotopic (exact) mass is 280 g/mol. The van der Waals surface area contributed by atoms with Gasteiger partial charge in [0.05, 0.1) is 6.04 Å². The molecule has 4 nitrogen and oxygen atoms in total. The lowest BCUT2D eigenvalue weighted by molar-refractivity contribution is 0.368. The number of hydrogen-bond donors (Lipinski definition) is 2. The van der Waals surface area contributed by atoms with Gasteiger partial charge in [0.1, 0.15) is 17.6 Å². The van der Waals surface area contributed by atoms with Gasteiger partial charge in [-0.15, -0.1) is 0 Å². The Morgan fingerprint density at radius 2 is 2.05 bits per heavy atom. The Morgan fingerprint density at radius 3 is 2.81 bits per heavy atom. The molecule has 2 N–H and O–H groups in total. The summed E-state index contributed by atoms with van der Waals surface area (Å²) in [6, 6.07) is 15.4. The van der Waals surface area contributed by atoms with Crippen molar-refractivity contribution < 1.29 is 9.84 Å². The summed E-state index contributed by atoms with van der Waals surface area (Å²) in [6.45, 7) is 0.0576. The molecule has 0 spiro atoms. The van der Waals surface area contributed by atoms with Crippen LogP contribution in [0.5, 0.6) is 11.5 Å². The number of aromatic hydroxyl groups is 1. The van der Waals surface area contributed by atoms with Crippen LogP contribution in [0.3, 0.4) is 0 Å². The van der Waals surface area contributed by atoms with Crippen molar-refractivity contribution in [2.45, 2.75) is 18.9 Å². The molecule has 0 aromatic heterocycles. The van der Waals surface area contributed by atoms with Gasteiger partial charge in [-0.3, -0.25) is 0 Å². The van der Waals surface area contributed by atoms with E-state index in [1.165, 1.54) is 5.56 Å². The molecule has 1 aliphatic carbocycles. The van der Waals surface area contributed by atoms with E-state index < -0.39 is 0 Å². The van der Waals surface area contributed by atoms with Crippen molar-refractivity contribution in [1.82, 2.24) is 0 Å². The number of hydrogen-bond acceptors (Lipinski definition) is 4. The first kappa shape index (κ1) is 13.3. The molecule has 1 atom stereocenters. The number of nitriles is 1. The number of phenols is 1. The van der Waals surface area contributed by atoms with Crippen LogP contribution < -0.4 is 10.1 Å². The number of benzene rings is 2. The topological polar surface area (TPSA) is 65.3 Å². The molecule has 0 radical (unpaired) electrons. The number of nitrogens with zero attached hydrogens (tertiary/aromatic N) is 1. The molecule has 0 heterocycles. The zero-order chi connectivity index (χ0) is 14.7. The Morgan fingerprint density at radius 1 is 1.24 bits per heavy atom. The average molecular weight is 280 g/mol. The highest BCUT2D eigenvalue weighted by Crippen LogP contribution is 2.38. The molecule has 0 saturated carbocycles. The van der Waals surface area contributed by atoms with Gasteiger partial charge in [-0.05, 0) is 54.3 Å². The normalized spacial score (nSPS) is 16.0. The average Bonchev–Trinajstić information content (AvgIpc) is 2.91. The van der Waals surface area contributed by atoms with E-state index in [2.05, 4.69) is 11.4 Å². The van der Waals surface area contributed by atoms with Crippen molar-refractivity contribution in [2.75, 3.05) is 11.9 Å². The molecule has 106 valence electrons. The Hall–Kier alpha value is -2.67. The predicted octanol–water partition coefficient (Wildman–Crippen LogP) is 3.39. The lowest BCUT2D eigenvalue weighted by Gasteiger charge is -2.16. The SMILES string of the molecule is N#CCOc1ccc(NC2CCc3c(O)cccc32)cc1. The summed E-state index contributed by atoms with van der Waals surface area (Å²) < 4.78 is 5.23. The molecule has 0 bridgehead atoms. The van der Waals surface area contributed by atoms with E-state index in [1.807, 2.05) is 36.4 Å². The van der Waals surface area contributed by atoms with Gasteiger partial charge >= 0.3 is 0 Å². The summed E-state index contributed by atoms with van der Waals surface area (Å²) in [6.07, 6.45) is 1.86. The van der Waals surface area contributed by atoms with Gasteiger partial charge < -0.3 is 15.2 Å². The zero-order valence-electron chi connectivity index (χ0n) is 11.5. The summed E-state index contributed by atoms with van der Waals surface area (Å²) in [5, 5.41) is 21.8. The van der Waals surface area contributed by atoms with Gasteiger partial charge in [0.2, 0.25) is 0 Å². The van der Waals surface area contributed by atoms with Gasteiger partial charge in [0.25, 0.3) is 0 Å². The maximum absolute atomic E-state index is 9.86. The fourth-order valence-corrected chi connectivity index (χ4v) is 2.75. The lowest BCUT2D eigenvalue weighted by Crippen LogP contribution is -2.06. The van der Waals surface area contributed by atoms with E-state index in [0.29, 0.717) is 11.5 Å². The molecule has 2 aromatic rings. The van der Waals surface area contributed by atoms with E-state index in [4.69, 9.17) is 10.00 Å². The van der Waals surface area contributed by atoms with Crippen molar-refractivity contribution in [3.8, 4) is 17.6 Å². The fraction of sp³-hybridized carbons (Fsp3) is 0.235. The van der Waals surface area contributed by atoms with Gasteiger partial charge in [-0.2, -0.15) is 5.26 Å². The van der Waals surface area contributed by atoms with Crippen LogP contribution in [0.25, 0.3) is 0 Å². The second-order valence-electron chi connectivity index (χ2n) is 5.05. The van der Waals surface area contributed by atoms with Crippen LogP contribution in [-0.2, 0) is 6.42 Å². The quantitative estimate of drug-likeness (QED) is 0.901. The first-order valence-corrected chi connectivity index (χ1v) is 6.95. The summed E-state index contributed by atoms with van der Waals surface area (Å²) >= 11 is 0. The van der Waals surface area contributed by atoms with Crippen LogP contribution in [0.2, 0.25) is 0 Å². The maximum Gasteiger partial charge on any atom is 0.174 e. The third-order valence-electron chi connectivity index (χ3n) is 3.74. The van der Waals surface area contributed by atoms with Crippen molar-refractivity contribution in [1.29, 1.82) is 5.26 Å². The van der Waals surface area contributed by atoms with E-state index >= 15 is 0 Å². The molecule has 3 rings (SSSR count). The van der Waals surface area contributed by atoms with Gasteiger partial charge in [-0.1, -0.05) is 12.1 Å². The lowest BCUT2D eigenvalue weighted by atomic mass is 10.1. The van der Waals surface area contributed by atoms with Crippen molar-refractivity contribution in [3.05, 3.63) is 53.6 Å². The highest BCUT2D eigenvalue weighted by Gasteiger charge is 2.24. The first-order chi connectivity index (χ1) is 10.3. The number of nitrogens with one attached hydrogen (secondary N) is 1. The minimum atomic E-state index is 0.0576. The molecule has 4 heteroatoms. The predicted molar refractivity (Wildman–Crippen MR) is 80.3 cm³/mol. The molecule has 0 saturated heterocycles. The molecule has 21 heavy (non-hydrogen) atoms. The van der Waals surface area contributed by atoms with Crippen LogP contribution in [0.1, 0.15) is 23.6 Å². The second kappa shape index (κ2) is 5.76. The summed E-state index contributed by atoms with van der Waals surface area (Å²) in [5.41, 5.74) is 3.21. The Balaban J connectivity index is 1.71. The minimum absolute atomic E-state index is 0.0576. The third kappa shape index (κ3) is 2.77. The number of phenolic OH excluding ortho intramolecular Hbond substituents is 1. The van der Waals surface area contributed by atoms with Crippen LogP contribution in [0, 0.1) is 11.3 Å². The van der Waals surface area contributed by atoms with E-state index in [0.717, 1.165) is 24.1 Å². The van der Waals surface area contributed by atoms with Crippen LogP contribution >= 0.6 is 0 Å². The van der Waals surface area contributed by atoms with Crippen LogP contribution in [-0.4, -0.2) is 11.7 Å². The Kier molecular flexibility index (Phi) is 3.65. The van der Waals surface area contributed by atoms with Gasteiger partial charge in [0, 0.05) is 5.69 Å². The van der Waals surface area contributed by atoms with E-state index in [9.17, 15) is 5.11 Å². The van der Waals surface area contributed by atoms with E-state index in [-0.39, 0.29) is 12.6 Å². The summed E-state index contributed by atoms with van der Waals surface area (Å²) in [4.78, 5) is 0. The molecular formula is C17H16N2O2. The van der Waals surface area contributed by atoms with Crippen molar-refractivity contribution in [3.63, 3.8) is 0 Å². The Labute approximate surface area is 123 Å². The molecule has 0 amide bonds. The Bertz CT molecular complexity index is 674. The molecule has 1 unspecified atom stereocenters. The number of rotatable bonds is 4. The molecule has 1 aliphatic rings. The standard InChI is InChI=1S/C17H16N2O2/c18-10-11-21-13-6-4-12(5-7-13)19-16-9-8-15-14(16)2-1-3-17(15)20/h1-7,16,19-20H,8-9,11H2. The molecular weight excluding hydrogens is 264 g/mol. The first-order valence-electron chi connectivity index (χ1n) is 6.95. The number of anilines is 1. The summed E-state index contributed by atoms with van der Waals surface area (Å²) in [7, 11) is 0. The van der Waals surface area contributed by atoms with Gasteiger partial charge in [0.15, 0.2) is 6.61 Å². The largest absolute Gasteiger partial charge is 0.508 e. The highest BCUT2D eigenvalue weighted by molar-refractivity contribution is 5.52. The molecule has 0 aliphatic heterocycles. The fourth-order valence-electron chi connectivity index (χ4n) is 2.75. The highest BCUT2D eigenvalue weighted by atomic mass is 16.5. The molecule has 2 aromatic carbocycles. The van der Waals surface area contributed by atoms with Crippen molar-refractivity contribution >= 4 is 5.69 Å².